The Hall–Kier alpha value is -4.21. The summed E-state index contributed by atoms with van der Waals surface area (Å²) in [6.45, 7) is 6.69. The van der Waals surface area contributed by atoms with Crippen molar-refractivity contribution in [2.24, 2.45) is 0 Å². The van der Waals surface area contributed by atoms with Crippen molar-refractivity contribution in [1.82, 2.24) is 19.9 Å². The summed E-state index contributed by atoms with van der Waals surface area (Å²) in [7, 11) is 1.75. The number of rotatable bonds is 7. The molecule has 1 aliphatic heterocycles. The van der Waals surface area contributed by atoms with E-state index in [-0.39, 0.29) is 17.8 Å². The van der Waals surface area contributed by atoms with Crippen LogP contribution in [0.3, 0.4) is 0 Å². The van der Waals surface area contributed by atoms with Gasteiger partial charge in [-0.1, -0.05) is 18.2 Å². The number of nitrogens with one attached hydrogen (secondary N) is 3. The van der Waals surface area contributed by atoms with E-state index in [4.69, 9.17) is 14.9 Å². The van der Waals surface area contributed by atoms with E-state index in [1.54, 1.807) is 30.3 Å². The maximum atomic E-state index is 12.6. The van der Waals surface area contributed by atoms with Crippen molar-refractivity contribution >= 4 is 23.4 Å². The third-order valence-corrected chi connectivity index (χ3v) is 5.72. The van der Waals surface area contributed by atoms with E-state index in [9.17, 15) is 4.79 Å². The van der Waals surface area contributed by atoms with Gasteiger partial charge in [-0.15, -0.1) is 0 Å². The highest BCUT2D eigenvalue weighted by atomic mass is 16.6. The van der Waals surface area contributed by atoms with Crippen LogP contribution in [0.4, 0.5) is 16.4 Å². The number of nitrogens with zero attached hydrogens (tertiary/aromatic N) is 4. The molecule has 0 saturated carbocycles. The van der Waals surface area contributed by atoms with Crippen molar-refractivity contribution in [3.8, 4) is 11.5 Å². The van der Waals surface area contributed by atoms with Gasteiger partial charge in [0.2, 0.25) is 0 Å². The number of likely N-dealkylation sites (tertiary alicyclic amines) is 1. The van der Waals surface area contributed by atoms with Crippen LogP contribution in [-0.2, 0) is 4.74 Å². The zero-order valence-corrected chi connectivity index (χ0v) is 21.6. The summed E-state index contributed by atoms with van der Waals surface area (Å²) in [6, 6.07) is 12.9. The first kappa shape index (κ1) is 25.9. The standard InChI is InChI=1S/C27H33N7O3/c1-27(2,3)37-26(35)34-14-8-9-18(16-34)33-25-22(24(29-4)31-17-32-25)23(28)21-13-12-20(15-30-21)36-19-10-6-5-7-11-19/h5-7,10-13,15,17-18,28H,8-9,14,16H2,1-4H3,(H2,29,31,32,33). The van der Waals surface area contributed by atoms with Gasteiger partial charge in [0.1, 0.15) is 35.1 Å². The number of benzene rings is 1. The number of carbonyl (C=O) groups is 1. The molecule has 1 unspecified atom stereocenters. The maximum Gasteiger partial charge on any atom is 0.410 e. The average molecular weight is 504 g/mol. The van der Waals surface area contributed by atoms with Crippen LogP contribution in [-0.4, -0.2) is 63.4 Å². The fourth-order valence-electron chi connectivity index (χ4n) is 4.04. The van der Waals surface area contributed by atoms with Gasteiger partial charge < -0.3 is 25.0 Å². The lowest BCUT2D eigenvalue weighted by Gasteiger charge is -2.35. The molecule has 1 aromatic carbocycles. The van der Waals surface area contributed by atoms with Gasteiger partial charge in [0.15, 0.2) is 0 Å². The van der Waals surface area contributed by atoms with Crippen LogP contribution in [0.2, 0.25) is 0 Å². The number of aromatic nitrogens is 3. The predicted molar refractivity (Wildman–Crippen MR) is 143 cm³/mol. The second kappa shape index (κ2) is 11.2. The molecule has 3 N–H and O–H groups in total. The summed E-state index contributed by atoms with van der Waals surface area (Å²) in [5.74, 6) is 2.30. The molecule has 4 rings (SSSR count). The Bertz CT molecular complexity index is 1230. The van der Waals surface area contributed by atoms with Crippen molar-refractivity contribution in [1.29, 1.82) is 5.41 Å². The van der Waals surface area contributed by atoms with E-state index in [1.165, 1.54) is 6.33 Å². The molecule has 1 saturated heterocycles. The fraction of sp³-hybridized carbons (Fsp3) is 0.370. The Morgan fingerprint density at radius 1 is 1.05 bits per heavy atom. The summed E-state index contributed by atoms with van der Waals surface area (Å²) in [6.07, 6.45) is 4.40. The molecular formula is C27H33N7O3. The van der Waals surface area contributed by atoms with Gasteiger partial charge in [-0.25, -0.2) is 14.8 Å². The van der Waals surface area contributed by atoms with Gasteiger partial charge in [0.25, 0.3) is 0 Å². The highest BCUT2D eigenvalue weighted by molar-refractivity contribution is 6.15. The largest absolute Gasteiger partial charge is 0.456 e. The molecule has 1 aliphatic rings. The number of hydrogen-bond acceptors (Lipinski definition) is 9. The Kier molecular flexibility index (Phi) is 7.86. The molecule has 37 heavy (non-hydrogen) atoms. The number of ether oxygens (including phenoxy) is 2. The molecule has 10 heteroatoms. The van der Waals surface area contributed by atoms with E-state index in [0.717, 1.165) is 12.8 Å². The minimum atomic E-state index is -0.553. The Morgan fingerprint density at radius 2 is 1.81 bits per heavy atom. The molecule has 1 fully saturated rings. The van der Waals surface area contributed by atoms with Gasteiger partial charge in [0, 0.05) is 26.2 Å². The number of anilines is 2. The smallest absolute Gasteiger partial charge is 0.410 e. The van der Waals surface area contributed by atoms with Crippen molar-refractivity contribution in [2.75, 3.05) is 30.8 Å². The molecule has 0 bridgehead atoms. The number of piperidine rings is 1. The van der Waals surface area contributed by atoms with Gasteiger partial charge in [-0.2, -0.15) is 0 Å². The zero-order valence-electron chi connectivity index (χ0n) is 21.6. The Morgan fingerprint density at radius 3 is 2.49 bits per heavy atom. The third-order valence-electron chi connectivity index (χ3n) is 5.72. The second-order valence-electron chi connectivity index (χ2n) is 9.77. The average Bonchev–Trinajstić information content (AvgIpc) is 2.88. The Balaban J connectivity index is 1.51. The molecule has 0 spiro atoms. The summed E-state index contributed by atoms with van der Waals surface area (Å²) in [5.41, 5.74) is 0.568. The van der Waals surface area contributed by atoms with E-state index in [1.807, 2.05) is 51.1 Å². The number of para-hydroxylation sites is 1. The molecule has 1 atom stereocenters. The van der Waals surface area contributed by atoms with Crippen LogP contribution in [0.25, 0.3) is 0 Å². The monoisotopic (exact) mass is 503 g/mol. The molecule has 10 nitrogen and oxygen atoms in total. The van der Waals surface area contributed by atoms with E-state index < -0.39 is 5.60 Å². The van der Waals surface area contributed by atoms with Gasteiger partial charge in [-0.05, 0) is 57.9 Å². The molecule has 3 aromatic rings. The SMILES string of the molecule is CNc1ncnc(NC2CCCN(C(=O)OC(C)(C)C)C2)c1C(=N)c1ccc(Oc2ccccc2)cn1. The van der Waals surface area contributed by atoms with Crippen molar-refractivity contribution in [2.45, 2.75) is 45.3 Å². The van der Waals surface area contributed by atoms with E-state index in [2.05, 4.69) is 25.6 Å². The number of amides is 1. The lowest BCUT2D eigenvalue weighted by atomic mass is 10.0. The first-order chi connectivity index (χ1) is 17.7. The maximum absolute atomic E-state index is 12.6. The molecule has 3 heterocycles. The van der Waals surface area contributed by atoms with Crippen LogP contribution in [0.1, 0.15) is 44.9 Å². The molecule has 0 aliphatic carbocycles. The number of pyridine rings is 1. The second-order valence-corrected chi connectivity index (χ2v) is 9.77. The lowest BCUT2D eigenvalue weighted by molar-refractivity contribution is 0.0206. The van der Waals surface area contributed by atoms with Crippen LogP contribution in [0, 0.1) is 5.41 Å². The number of carbonyl (C=O) groups excluding carboxylic acids is 1. The first-order valence-corrected chi connectivity index (χ1v) is 12.3. The van der Waals surface area contributed by atoms with Crippen molar-refractivity contribution < 1.29 is 14.3 Å². The number of hydrogen-bond donors (Lipinski definition) is 3. The zero-order chi connectivity index (χ0) is 26.4. The minimum Gasteiger partial charge on any atom is -0.456 e. The molecular weight excluding hydrogens is 470 g/mol. The van der Waals surface area contributed by atoms with Crippen molar-refractivity contribution in [3.63, 3.8) is 0 Å². The molecule has 194 valence electrons. The summed E-state index contributed by atoms with van der Waals surface area (Å²) < 4.78 is 11.4. The van der Waals surface area contributed by atoms with Crippen LogP contribution < -0.4 is 15.4 Å². The highest BCUT2D eigenvalue weighted by Gasteiger charge is 2.29. The van der Waals surface area contributed by atoms with Gasteiger partial charge >= 0.3 is 6.09 Å². The fourth-order valence-corrected chi connectivity index (χ4v) is 4.04. The highest BCUT2D eigenvalue weighted by Crippen LogP contribution is 2.27. The normalized spacial score (nSPS) is 15.6. The van der Waals surface area contributed by atoms with E-state index >= 15 is 0 Å². The summed E-state index contributed by atoms with van der Waals surface area (Å²) in [4.78, 5) is 27.5. The van der Waals surface area contributed by atoms with E-state index in [0.29, 0.717) is 47.5 Å². The third kappa shape index (κ3) is 6.72. The van der Waals surface area contributed by atoms with Crippen LogP contribution in [0.15, 0.2) is 55.0 Å². The summed E-state index contributed by atoms with van der Waals surface area (Å²) in [5, 5.41) is 15.4. The minimum absolute atomic E-state index is 0.0537. The topological polar surface area (TPSA) is 125 Å². The molecule has 0 radical (unpaired) electrons. The lowest BCUT2D eigenvalue weighted by Crippen LogP contribution is -2.47. The quantitative estimate of drug-likeness (QED) is 0.388. The predicted octanol–water partition coefficient (Wildman–Crippen LogP) is 4.93. The van der Waals surface area contributed by atoms with Gasteiger partial charge in [-0.3, -0.25) is 10.4 Å². The van der Waals surface area contributed by atoms with Crippen LogP contribution >= 0.6 is 0 Å². The van der Waals surface area contributed by atoms with Crippen LogP contribution in [0.5, 0.6) is 11.5 Å². The first-order valence-electron chi connectivity index (χ1n) is 12.3. The van der Waals surface area contributed by atoms with Crippen molar-refractivity contribution in [3.05, 3.63) is 66.2 Å². The Labute approximate surface area is 217 Å². The van der Waals surface area contributed by atoms with Gasteiger partial charge in [0.05, 0.1) is 23.2 Å². The molecule has 2 aromatic heterocycles. The molecule has 1 amide bonds. The summed E-state index contributed by atoms with van der Waals surface area (Å²) >= 11 is 0.